The average molecular weight is 266 g/mol. The molecule has 1 N–H and O–H groups in total. The van der Waals surface area contributed by atoms with Crippen LogP contribution in [0, 0.1) is 0 Å². The van der Waals surface area contributed by atoms with Crippen LogP contribution in [0.2, 0.25) is 0 Å². The third kappa shape index (κ3) is 2.14. The molecular weight excluding hydrogens is 252 g/mol. The molecule has 100 valence electrons. The molecule has 3 aromatic rings. The third-order valence-electron chi connectivity index (χ3n) is 3.21. The summed E-state index contributed by atoms with van der Waals surface area (Å²) in [4.78, 5) is 20.5. The van der Waals surface area contributed by atoms with E-state index in [1.54, 1.807) is 10.8 Å². The minimum Gasteiger partial charge on any atom is -0.373 e. The Kier molecular flexibility index (Phi) is 3.16. The van der Waals surface area contributed by atoms with Crippen molar-refractivity contribution < 1.29 is 0 Å². The summed E-state index contributed by atoms with van der Waals surface area (Å²) in [5.41, 5.74) is 2.48. The quantitative estimate of drug-likeness (QED) is 0.786. The van der Waals surface area contributed by atoms with Crippen LogP contribution in [0.1, 0.15) is 5.56 Å². The normalized spacial score (nSPS) is 10.7. The second-order valence-electron chi connectivity index (χ2n) is 4.43. The van der Waals surface area contributed by atoms with Crippen LogP contribution < -0.4 is 10.9 Å². The van der Waals surface area contributed by atoms with Gasteiger partial charge in [-0.05, 0) is 18.2 Å². The highest BCUT2D eigenvalue weighted by atomic mass is 16.1. The third-order valence-corrected chi connectivity index (χ3v) is 3.21. The van der Waals surface area contributed by atoms with Gasteiger partial charge in [-0.3, -0.25) is 4.79 Å². The first kappa shape index (κ1) is 12.3. The number of rotatable bonds is 3. The lowest BCUT2D eigenvalue weighted by molar-refractivity contribution is 0.784. The van der Waals surface area contributed by atoms with Crippen LogP contribution >= 0.6 is 0 Å². The van der Waals surface area contributed by atoms with Gasteiger partial charge in [-0.25, -0.2) is 9.97 Å². The zero-order valence-corrected chi connectivity index (χ0v) is 11.1. The van der Waals surface area contributed by atoms with Gasteiger partial charge in [0, 0.05) is 18.8 Å². The zero-order valence-electron chi connectivity index (χ0n) is 11.1. The van der Waals surface area contributed by atoms with Gasteiger partial charge in [-0.15, -0.1) is 0 Å². The lowest BCUT2D eigenvalue weighted by Crippen LogP contribution is -2.21. The minimum atomic E-state index is -0.116. The molecule has 0 amide bonds. The molecule has 2 heterocycles. The molecule has 0 fully saturated rings. The average Bonchev–Trinajstić information content (AvgIpc) is 2.50. The van der Waals surface area contributed by atoms with E-state index >= 15 is 0 Å². The van der Waals surface area contributed by atoms with Crippen molar-refractivity contribution >= 4 is 16.9 Å². The first-order valence-corrected chi connectivity index (χ1v) is 6.36. The fourth-order valence-corrected chi connectivity index (χ4v) is 2.24. The highest BCUT2D eigenvalue weighted by Gasteiger charge is 2.07. The molecule has 1 aromatic carbocycles. The highest BCUT2D eigenvalue weighted by Crippen LogP contribution is 2.15. The van der Waals surface area contributed by atoms with Gasteiger partial charge in [0.15, 0.2) is 0 Å². The molecule has 5 heteroatoms. The van der Waals surface area contributed by atoms with Crippen LogP contribution in [0.25, 0.3) is 11.0 Å². The predicted molar refractivity (Wildman–Crippen MR) is 78.9 cm³/mol. The van der Waals surface area contributed by atoms with Gasteiger partial charge < -0.3 is 9.88 Å². The number of aromatic nitrogens is 3. The molecule has 0 aliphatic rings. The number of hydrogen-bond donors (Lipinski definition) is 1. The maximum absolute atomic E-state index is 12.1. The molecule has 20 heavy (non-hydrogen) atoms. The second kappa shape index (κ2) is 5.13. The van der Waals surface area contributed by atoms with Crippen LogP contribution in [0.4, 0.5) is 5.82 Å². The molecule has 0 unspecified atom stereocenters. The molecule has 5 nitrogen and oxygen atoms in total. The van der Waals surface area contributed by atoms with Crippen molar-refractivity contribution in [3.05, 3.63) is 64.7 Å². The van der Waals surface area contributed by atoms with E-state index in [4.69, 9.17) is 0 Å². The molecule has 0 aliphatic carbocycles. The van der Waals surface area contributed by atoms with E-state index in [0.29, 0.717) is 6.54 Å². The Morgan fingerprint density at radius 3 is 2.85 bits per heavy atom. The van der Waals surface area contributed by atoms with Crippen LogP contribution in [0.15, 0.2) is 53.6 Å². The molecule has 2 aromatic heterocycles. The van der Waals surface area contributed by atoms with E-state index in [-0.39, 0.29) is 5.56 Å². The van der Waals surface area contributed by atoms with Crippen molar-refractivity contribution in [1.29, 1.82) is 0 Å². The van der Waals surface area contributed by atoms with Crippen molar-refractivity contribution in [2.24, 2.45) is 0 Å². The van der Waals surface area contributed by atoms with Gasteiger partial charge in [-0.1, -0.05) is 18.2 Å². The SMILES string of the molecule is CNc1ncccc1Cn1c(=O)cnc2ccccc21. The topological polar surface area (TPSA) is 59.8 Å². The smallest absolute Gasteiger partial charge is 0.269 e. The molecule has 0 aliphatic heterocycles. The number of hydrogen-bond acceptors (Lipinski definition) is 4. The summed E-state index contributed by atoms with van der Waals surface area (Å²) in [6, 6.07) is 11.4. The van der Waals surface area contributed by atoms with Crippen LogP contribution in [0.5, 0.6) is 0 Å². The summed E-state index contributed by atoms with van der Waals surface area (Å²) in [7, 11) is 1.82. The van der Waals surface area contributed by atoms with Crippen LogP contribution in [0.3, 0.4) is 0 Å². The van der Waals surface area contributed by atoms with Gasteiger partial charge in [0.05, 0.1) is 23.8 Å². The van der Waals surface area contributed by atoms with Crippen molar-refractivity contribution in [2.45, 2.75) is 6.54 Å². The highest BCUT2D eigenvalue weighted by molar-refractivity contribution is 5.74. The summed E-state index contributed by atoms with van der Waals surface area (Å²) >= 11 is 0. The van der Waals surface area contributed by atoms with E-state index in [2.05, 4.69) is 15.3 Å². The number of anilines is 1. The molecule has 0 bridgehead atoms. The summed E-state index contributed by atoms with van der Waals surface area (Å²) in [6.45, 7) is 0.464. The molecule has 0 saturated carbocycles. The largest absolute Gasteiger partial charge is 0.373 e. The van der Waals surface area contributed by atoms with Crippen LogP contribution in [-0.2, 0) is 6.54 Å². The summed E-state index contributed by atoms with van der Waals surface area (Å²) < 4.78 is 1.71. The van der Waals surface area contributed by atoms with E-state index in [1.807, 2.05) is 43.4 Å². The molecule has 0 radical (unpaired) electrons. The maximum Gasteiger partial charge on any atom is 0.269 e. The number of nitrogens with zero attached hydrogens (tertiary/aromatic N) is 3. The molecule has 0 saturated heterocycles. The Hall–Kier alpha value is -2.69. The predicted octanol–water partition coefficient (Wildman–Crippen LogP) is 1.88. The standard InChI is InChI=1S/C15H14N4O/c1-16-15-11(5-4-8-17-15)10-19-13-7-3-2-6-12(13)18-9-14(19)20/h2-9H,10H2,1H3,(H,16,17). The molecule has 0 spiro atoms. The molecule has 0 atom stereocenters. The van der Waals surface area contributed by atoms with E-state index in [1.165, 1.54) is 6.20 Å². The van der Waals surface area contributed by atoms with Gasteiger partial charge in [0.2, 0.25) is 0 Å². The number of nitrogens with one attached hydrogen (secondary N) is 1. The van der Waals surface area contributed by atoms with E-state index < -0.39 is 0 Å². The van der Waals surface area contributed by atoms with Gasteiger partial charge in [0.1, 0.15) is 5.82 Å². The van der Waals surface area contributed by atoms with Gasteiger partial charge in [-0.2, -0.15) is 0 Å². The Morgan fingerprint density at radius 1 is 1.15 bits per heavy atom. The number of benzene rings is 1. The maximum atomic E-state index is 12.1. The van der Waals surface area contributed by atoms with Crippen molar-refractivity contribution in [3.8, 4) is 0 Å². The Balaban J connectivity index is 2.15. The summed E-state index contributed by atoms with van der Waals surface area (Å²) in [6.07, 6.45) is 3.08. The summed E-state index contributed by atoms with van der Waals surface area (Å²) in [5.74, 6) is 0.778. The molecular formula is C15H14N4O. The number of fused-ring (bicyclic) bond motifs is 1. The Labute approximate surface area is 115 Å². The second-order valence-corrected chi connectivity index (χ2v) is 4.43. The van der Waals surface area contributed by atoms with E-state index in [9.17, 15) is 4.79 Å². The number of para-hydroxylation sites is 2. The Bertz CT molecular complexity index is 810. The first-order chi connectivity index (χ1) is 9.79. The lowest BCUT2D eigenvalue weighted by Gasteiger charge is -2.12. The fourth-order valence-electron chi connectivity index (χ4n) is 2.24. The lowest BCUT2D eigenvalue weighted by atomic mass is 10.2. The van der Waals surface area contributed by atoms with E-state index in [0.717, 1.165) is 22.4 Å². The summed E-state index contributed by atoms with van der Waals surface area (Å²) in [5, 5.41) is 3.04. The monoisotopic (exact) mass is 266 g/mol. The first-order valence-electron chi connectivity index (χ1n) is 6.36. The zero-order chi connectivity index (χ0) is 13.9. The van der Waals surface area contributed by atoms with Crippen molar-refractivity contribution in [2.75, 3.05) is 12.4 Å². The fraction of sp³-hybridized carbons (Fsp3) is 0.133. The minimum absolute atomic E-state index is 0.116. The van der Waals surface area contributed by atoms with Gasteiger partial charge in [0.25, 0.3) is 5.56 Å². The van der Waals surface area contributed by atoms with Crippen molar-refractivity contribution in [1.82, 2.24) is 14.5 Å². The van der Waals surface area contributed by atoms with Crippen molar-refractivity contribution in [3.63, 3.8) is 0 Å². The van der Waals surface area contributed by atoms with Crippen LogP contribution in [-0.4, -0.2) is 21.6 Å². The Morgan fingerprint density at radius 2 is 2.00 bits per heavy atom. The van der Waals surface area contributed by atoms with Gasteiger partial charge >= 0.3 is 0 Å². The molecule has 3 rings (SSSR count). The number of pyridine rings is 1.